The van der Waals surface area contributed by atoms with Crippen molar-refractivity contribution in [3.63, 3.8) is 0 Å². The van der Waals surface area contributed by atoms with Crippen molar-refractivity contribution in [2.24, 2.45) is 0 Å². The molecule has 0 N–H and O–H groups in total. The van der Waals surface area contributed by atoms with Gasteiger partial charge in [-0.1, -0.05) is 145 Å². The molecule has 0 nitrogen and oxygen atoms in total. The fourth-order valence-electron chi connectivity index (χ4n) is 6.80. The zero-order valence-corrected chi connectivity index (χ0v) is 26.0. The quantitative estimate of drug-likeness (QED) is 0.131. The predicted molar refractivity (Wildman–Crippen MR) is 179 cm³/mol. The van der Waals surface area contributed by atoms with Gasteiger partial charge in [0, 0.05) is 5.41 Å². The number of rotatable bonds is 11. The Kier molecular flexibility index (Phi) is 8.69. The van der Waals surface area contributed by atoms with E-state index in [9.17, 15) is 0 Å². The highest BCUT2D eigenvalue weighted by atomic mass is 14.5. The number of hydrogen-bond acceptors (Lipinski definition) is 0. The summed E-state index contributed by atoms with van der Waals surface area (Å²) in [6.07, 6.45) is 10.4. The van der Waals surface area contributed by atoms with E-state index < -0.39 is 0 Å². The topological polar surface area (TPSA) is 0 Å². The van der Waals surface area contributed by atoms with Crippen molar-refractivity contribution in [1.29, 1.82) is 0 Å². The Labute approximate surface area is 249 Å². The van der Waals surface area contributed by atoms with Crippen LogP contribution < -0.4 is 0 Å². The minimum Gasteiger partial charge on any atom is -0.103 e. The zero-order chi connectivity index (χ0) is 29.0. The predicted octanol–water partition coefficient (Wildman–Crippen LogP) is 12.0. The summed E-state index contributed by atoms with van der Waals surface area (Å²) in [7, 11) is 0. The molecule has 1 aliphatic rings. The van der Waals surface area contributed by atoms with Crippen LogP contribution in [-0.4, -0.2) is 0 Å². The first-order valence-electron chi connectivity index (χ1n) is 15.9. The minimum atomic E-state index is -0.145. The van der Waals surface area contributed by atoms with E-state index in [1.165, 1.54) is 82.2 Å². The standard InChI is InChI=1S/C41H48/c1-7-9-10-11-12-15-28-41(35-25-23-34(24-26-35)40(4,5)6)38-17-14-13-16-36(38)37-27-22-33(29-39(37)41)32-20-18-31(19-21-32)30(3)8-2/h7,13-14,16-27,29-30H,1,8-12,15,28H2,2-6H3. The Bertz CT molecular complexity index is 1460. The van der Waals surface area contributed by atoms with Gasteiger partial charge in [-0.3, -0.25) is 0 Å². The molecule has 212 valence electrons. The highest BCUT2D eigenvalue weighted by molar-refractivity contribution is 5.86. The molecule has 1 aliphatic carbocycles. The van der Waals surface area contributed by atoms with Gasteiger partial charge >= 0.3 is 0 Å². The molecule has 0 heteroatoms. The van der Waals surface area contributed by atoms with E-state index in [1.807, 2.05) is 0 Å². The van der Waals surface area contributed by atoms with Gasteiger partial charge < -0.3 is 0 Å². The summed E-state index contributed by atoms with van der Waals surface area (Å²) in [6, 6.07) is 35.3. The molecule has 0 saturated carbocycles. The van der Waals surface area contributed by atoms with Crippen LogP contribution in [0, 0.1) is 0 Å². The van der Waals surface area contributed by atoms with Crippen molar-refractivity contribution in [3.05, 3.63) is 131 Å². The summed E-state index contributed by atoms with van der Waals surface area (Å²) in [5.74, 6) is 0.591. The first kappa shape index (κ1) is 29.1. The molecular weight excluding hydrogens is 492 g/mol. The molecule has 2 unspecified atom stereocenters. The Morgan fingerprint density at radius 3 is 2.07 bits per heavy atom. The molecule has 5 rings (SSSR count). The number of hydrogen-bond donors (Lipinski definition) is 0. The largest absolute Gasteiger partial charge is 0.103 e. The third-order valence-electron chi connectivity index (χ3n) is 9.54. The molecule has 0 amide bonds. The molecular formula is C41H48. The van der Waals surface area contributed by atoms with Gasteiger partial charge in [-0.25, -0.2) is 0 Å². The maximum Gasteiger partial charge on any atom is 0.0463 e. The first-order chi connectivity index (χ1) is 19.8. The highest BCUT2D eigenvalue weighted by Gasteiger charge is 2.44. The molecule has 0 saturated heterocycles. The maximum atomic E-state index is 3.92. The van der Waals surface area contributed by atoms with Crippen molar-refractivity contribution >= 4 is 0 Å². The fourth-order valence-corrected chi connectivity index (χ4v) is 6.80. The molecule has 0 bridgehead atoms. The van der Waals surface area contributed by atoms with Crippen molar-refractivity contribution in [2.45, 2.75) is 96.3 Å². The summed E-state index contributed by atoms with van der Waals surface area (Å²) in [5.41, 5.74) is 12.6. The van der Waals surface area contributed by atoms with Crippen molar-refractivity contribution in [2.75, 3.05) is 0 Å². The molecule has 4 aromatic carbocycles. The van der Waals surface area contributed by atoms with Crippen molar-refractivity contribution in [1.82, 2.24) is 0 Å². The lowest BCUT2D eigenvalue weighted by molar-refractivity contribution is 0.511. The molecule has 0 radical (unpaired) electrons. The average molecular weight is 541 g/mol. The molecule has 0 fully saturated rings. The molecule has 0 aromatic heterocycles. The van der Waals surface area contributed by atoms with Gasteiger partial charge in [0.2, 0.25) is 0 Å². The van der Waals surface area contributed by atoms with Crippen LogP contribution in [0.5, 0.6) is 0 Å². The van der Waals surface area contributed by atoms with Gasteiger partial charge in [0.05, 0.1) is 0 Å². The van der Waals surface area contributed by atoms with Crippen LogP contribution in [0.2, 0.25) is 0 Å². The van der Waals surface area contributed by atoms with E-state index >= 15 is 0 Å². The average Bonchev–Trinajstić information content (AvgIpc) is 3.28. The van der Waals surface area contributed by atoms with E-state index in [1.54, 1.807) is 0 Å². The summed E-state index contributed by atoms with van der Waals surface area (Å²) in [6.45, 7) is 15.4. The van der Waals surface area contributed by atoms with E-state index in [-0.39, 0.29) is 10.8 Å². The Morgan fingerprint density at radius 1 is 0.732 bits per heavy atom. The second kappa shape index (κ2) is 12.2. The van der Waals surface area contributed by atoms with E-state index in [2.05, 4.69) is 138 Å². The van der Waals surface area contributed by atoms with E-state index in [0.717, 1.165) is 12.8 Å². The lowest BCUT2D eigenvalue weighted by Crippen LogP contribution is -2.27. The van der Waals surface area contributed by atoms with Gasteiger partial charge in [-0.2, -0.15) is 0 Å². The van der Waals surface area contributed by atoms with Gasteiger partial charge in [0.25, 0.3) is 0 Å². The van der Waals surface area contributed by atoms with Crippen LogP contribution in [0.4, 0.5) is 0 Å². The molecule has 41 heavy (non-hydrogen) atoms. The van der Waals surface area contributed by atoms with E-state index in [4.69, 9.17) is 0 Å². The molecule has 4 aromatic rings. The van der Waals surface area contributed by atoms with Gasteiger partial charge in [-0.05, 0) is 93.2 Å². The highest BCUT2D eigenvalue weighted by Crippen LogP contribution is 2.56. The minimum absolute atomic E-state index is 0.136. The Balaban J connectivity index is 1.63. The first-order valence-corrected chi connectivity index (χ1v) is 15.9. The monoisotopic (exact) mass is 540 g/mol. The van der Waals surface area contributed by atoms with Crippen molar-refractivity contribution in [3.8, 4) is 22.3 Å². The van der Waals surface area contributed by atoms with Crippen LogP contribution in [0.25, 0.3) is 22.3 Å². The molecule has 0 aliphatic heterocycles. The van der Waals surface area contributed by atoms with Crippen LogP contribution >= 0.6 is 0 Å². The number of unbranched alkanes of at least 4 members (excludes halogenated alkanes) is 4. The number of fused-ring (bicyclic) bond motifs is 3. The lowest BCUT2D eigenvalue weighted by atomic mass is 9.68. The fraction of sp³-hybridized carbons (Fsp3) is 0.366. The van der Waals surface area contributed by atoms with Gasteiger partial charge in [-0.15, -0.1) is 6.58 Å². The summed E-state index contributed by atoms with van der Waals surface area (Å²) < 4.78 is 0. The SMILES string of the molecule is C=CCCCCCCC1(c2ccc(C(C)(C)C)cc2)c2ccccc2-c2ccc(-c3ccc(C(C)CC)cc3)cc21. The third kappa shape index (κ3) is 5.72. The molecule has 0 spiro atoms. The molecule has 0 heterocycles. The summed E-state index contributed by atoms with van der Waals surface area (Å²) in [4.78, 5) is 0. The Hall–Kier alpha value is -3.38. The maximum absolute atomic E-state index is 3.92. The van der Waals surface area contributed by atoms with Crippen molar-refractivity contribution < 1.29 is 0 Å². The van der Waals surface area contributed by atoms with E-state index in [0.29, 0.717) is 5.92 Å². The zero-order valence-electron chi connectivity index (χ0n) is 26.0. The lowest BCUT2D eigenvalue weighted by Gasteiger charge is -2.34. The Morgan fingerprint density at radius 2 is 1.39 bits per heavy atom. The van der Waals surface area contributed by atoms with Crippen LogP contribution in [0.15, 0.2) is 104 Å². The number of allylic oxidation sites excluding steroid dienone is 1. The van der Waals surface area contributed by atoms with Crippen LogP contribution in [0.3, 0.4) is 0 Å². The second-order valence-electron chi connectivity index (χ2n) is 13.2. The summed E-state index contributed by atoms with van der Waals surface area (Å²) >= 11 is 0. The number of benzene rings is 4. The van der Waals surface area contributed by atoms with Gasteiger partial charge in [0.15, 0.2) is 0 Å². The second-order valence-corrected chi connectivity index (χ2v) is 13.2. The molecule has 2 atom stereocenters. The summed E-state index contributed by atoms with van der Waals surface area (Å²) in [5, 5.41) is 0. The van der Waals surface area contributed by atoms with Gasteiger partial charge in [0.1, 0.15) is 0 Å². The third-order valence-corrected chi connectivity index (χ3v) is 9.54. The van der Waals surface area contributed by atoms with Crippen LogP contribution in [-0.2, 0) is 10.8 Å². The van der Waals surface area contributed by atoms with Crippen LogP contribution in [0.1, 0.15) is 113 Å². The smallest absolute Gasteiger partial charge is 0.0463 e. The normalized spacial score (nSPS) is 16.7.